The predicted molar refractivity (Wildman–Crippen MR) is 105 cm³/mol. The Morgan fingerprint density at radius 1 is 1.38 bits per heavy atom. The predicted octanol–water partition coefficient (Wildman–Crippen LogP) is 2.13. The molecule has 0 radical (unpaired) electrons. The number of fused-ring (bicyclic) bond motifs is 5. The lowest BCUT2D eigenvalue weighted by Gasteiger charge is -2.29. The van der Waals surface area contributed by atoms with Crippen LogP contribution in [0.15, 0.2) is 30.7 Å². The van der Waals surface area contributed by atoms with Gasteiger partial charge in [0.25, 0.3) is 5.91 Å². The van der Waals surface area contributed by atoms with Crippen molar-refractivity contribution in [2.75, 3.05) is 18.4 Å². The molecule has 29 heavy (non-hydrogen) atoms. The highest BCUT2D eigenvalue weighted by Gasteiger charge is 2.31. The number of hydrazine groups is 1. The van der Waals surface area contributed by atoms with Gasteiger partial charge in [-0.05, 0) is 37.5 Å². The van der Waals surface area contributed by atoms with Crippen LogP contribution in [0.1, 0.15) is 51.5 Å². The smallest absolute Gasteiger partial charge is 0.271 e. The highest BCUT2D eigenvalue weighted by atomic mass is 19.1. The van der Waals surface area contributed by atoms with Gasteiger partial charge < -0.3 is 4.90 Å². The molecule has 0 unspecified atom stereocenters. The molecule has 0 spiro atoms. The van der Waals surface area contributed by atoms with Crippen molar-refractivity contribution in [3.63, 3.8) is 0 Å². The van der Waals surface area contributed by atoms with Crippen LogP contribution in [0.5, 0.6) is 0 Å². The summed E-state index contributed by atoms with van der Waals surface area (Å²) in [5.74, 6) is -0.420. The molecule has 5 rings (SSSR count). The molecule has 3 aromatic heterocycles. The third kappa shape index (κ3) is 3.02. The molecule has 0 aliphatic carbocycles. The van der Waals surface area contributed by atoms with Crippen LogP contribution < -0.4 is 10.3 Å². The average molecular weight is 398 g/mol. The normalized spacial score (nSPS) is 24.6. The minimum absolute atomic E-state index is 0.160. The number of halogens is 1. The summed E-state index contributed by atoms with van der Waals surface area (Å²) in [6, 6.07) is 2.48. The second-order valence-electron chi connectivity index (χ2n) is 7.52. The van der Waals surface area contributed by atoms with Crippen molar-refractivity contribution in [3.8, 4) is 0 Å². The van der Waals surface area contributed by atoms with Crippen molar-refractivity contribution < 1.29 is 13.3 Å². The van der Waals surface area contributed by atoms with E-state index in [0.29, 0.717) is 22.7 Å². The Morgan fingerprint density at radius 3 is 3.14 bits per heavy atom. The van der Waals surface area contributed by atoms with Crippen molar-refractivity contribution in [1.82, 2.24) is 30.0 Å². The number of aromatic nitrogens is 4. The first-order chi connectivity index (χ1) is 15.2. The van der Waals surface area contributed by atoms with E-state index in [2.05, 4.69) is 25.4 Å². The summed E-state index contributed by atoms with van der Waals surface area (Å²) < 4.78 is 39.6. The zero-order valence-electron chi connectivity index (χ0n) is 18.8. The molecule has 3 aromatic rings. The first kappa shape index (κ1) is 14.9. The Balaban J connectivity index is 1.72. The molecular weight excluding hydrogens is 373 g/mol. The van der Waals surface area contributed by atoms with E-state index in [0.717, 1.165) is 30.6 Å². The molecule has 1 saturated heterocycles. The number of hydrogen-bond acceptors (Lipinski definition) is 6. The van der Waals surface area contributed by atoms with Crippen LogP contribution in [0.3, 0.4) is 0 Å². The summed E-state index contributed by atoms with van der Waals surface area (Å²) in [6.07, 6.45) is 6.11. The largest absolute Gasteiger partial charge is 0.349 e. The number of amides is 1. The summed E-state index contributed by atoms with van der Waals surface area (Å²) in [5, 5.41) is 5.12. The Bertz CT molecular complexity index is 1200. The van der Waals surface area contributed by atoms with Crippen LogP contribution in [0, 0.1) is 5.82 Å². The SMILES string of the molecule is [2H]C([2H])([2H])N1NC(=O)c2cnn3ccc(nc23)N2CCC[C@@H]2c2cc(F)cnc2C[C@@H]1C. The third-order valence-electron chi connectivity index (χ3n) is 5.63. The molecule has 8 nitrogen and oxygen atoms in total. The number of hydrogen-bond donors (Lipinski definition) is 1. The summed E-state index contributed by atoms with van der Waals surface area (Å²) in [4.78, 5) is 24.1. The number of anilines is 1. The van der Waals surface area contributed by atoms with Gasteiger partial charge in [-0.25, -0.2) is 18.9 Å². The standard InChI is InChI=1S/C20H22FN7O/c1-12-8-16-14(9-13(21)10-22-16)17-4-3-6-27(17)18-5-7-28-19(24-18)15(11-23-28)20(29)25-26(12)2/h5,7,9-12,17H,3-4,6,8H2,1-2H3,(H,25,29)/t12-,17+/m0/s1/i2D3. The van der Waals surface area contributed by atoms with Crippen LogP contribution in [0.4, 0.5) is 10.2 Å². The van der Waals surface area contributed by atoms with Crippen molar-refractivity contribution in [2.24, 2.45) is 0 Å². The minimum atomic E-state index is -2.60. The van der Waals surface area contributed by atoms with Gasteiger partial charge in [0.15, 0.2) is 5.65 Å². The Kier molecular flexibility index (Phi) is 3.47. The number of carbonyl (C=O) groups is 1. The minimum Gasteiger partial charge on any atom is -0.349 e. The van der Waals surface area contributed by atoms with Crippen molar-refractivity contribution in [3.05, 3.63) is 53.4 Å². The summed E-state index contributed by atoms with van der Waals surface area (Å²) >= 11 is 0. The Hall–Kier alpha value is -3.07. The lowest BCUT2D eigenvalue weighted by Crippen LogP contribution is -2.45. The Morgan fingerprint density at radius 2 is 2.28 bits per heavy atom. The topological polar surface area (TPSA) is 78.7 Å². The van der Waals surface area contributed by atoms with E-state index >= 15 is 0 Å². The maximum atomic E-state index is 14.2. The van der Waals surface area contributed by atoms with Gasteiger partial charge in [0.1, 0.15) is 17.2 Å². The van der Waals surface area contributed by atoms with Gasteiger partial charge in [-0.1, -0.05) is 0 Å². The van der Waals surface area contributed by atoms with Gasteiger partial charge in [0.05, 0.1) is 18.4 Å². The quantitative estimate of drug-likeness (QED) is 0.625. The molecule has 1 amide bonds. The van der Waals surface area contributed by atoms with Gasteiger partial charge >= 0.3 is 0 Å². The second kappa shape index (κ2) is 6.77. The summed E-state index contributed by atoms with van der Waals surface area (Å²) in [6.45, 7) is -0.188. The van der Waals surface area contributed by atoms with Gasteiger partial charge in [0.2, 0.25) is 0 Å². The van der Waals surface area contributed by atoms with E-state index in [9.17, 15) is 9.18 Å². The zero-order valence-corrected chi connectivity index (χ0v) is 15.8. The fourth-order valence-electron chi connectivity index (χ4n) is 4.14. The number of rotatable bonds is 0. The zero-order chi connectivity index (χ0) is 22.6. The van der Waals surface area contributed by atoms with Gasteiger partial charge in [-0.3, -0.25) is 15.2 Å². The number of carbonyl (C=O) groups excluding carboxylic acids is 1. The molecule has 2 atom stereocenters. The van der Waals surface area contributed by atoms with E-state index in [1.807, 2.05) is 6.07 Å². The Labute approximate surface area is 171 Å². The summed E-state index contributed by atoms with van der Waals surface area (Å²) in [7, 11) is 0. The number of nitrogens with one attached hydrogen (secondary N) is 1. The molecule has 2 aliphatic heterocycles. The van der Waals surface area contributed by atoms with Gasteiger partial charge in [0, 0.05) is 42.0 Å². The van der Waals surface area contributed by atoms with Gasteiger partial charge in [-0.2, -0.15) is 5.10 Å². The molecule has 2 bridgehead atoms. The molecule has 150 valence electrons. The van der Waals surface area contributed by atoms with Crippen molar-refractivity contribution >= 4 is 17.4 Å². The van der Waals surface area contributed by atoms with E-state index in [1.54, 1.807) is 13.1 Å². The number of pyridine rings is 1. The fraction of sp³-hybridized carbons (Fsp3) is 0.400. The highest BCUT2D eigenvalue weighted by molar-refractivity contribution is 5.99. The molecule has 1 fully saturated rings. The van der Waals surface area contributed by atoms with Crippen molar-refractivity contribution in [2.45, 2.75) is 38.3 Å². The van der Waals surface area contributed by atoms with E-state index < -0.39 is 24.7 Å². The molecule has 0 saturated carbocycles. The van der Waals surface area contributed by atoms with Crippen LogP contribution in [0.2, 0.25) is 0 Å². The van der Waals surface area contributed by atoms with E-state index in [-0.39, 0.29) is 18.0 Å². The highest BCUT2D eigenvalue weighted by Crippen LogP contribution is 2.37. The molecule has 2 aliphatic rings. The lowest BCUT2D eigenvalue weighted by molar-refractivity contribution is 0.0773. The lowest BCUT2D eigenvalue weighted by atomic mass is 9.98. The molecular formula is C20H22FN7O. The maximum Gasteiger partial charge on any atom is 0.271 e. The monoisotopic (exact) mass is 398 g/mol. The first-order valence-corrected chi connectivity index (χ1v) is 9.58. The van der Waals surface area contributed by atoms with Crippen LogP contribution >= 0.6 is 0 Å². The fourth-order valence-corrected chi connectivity index (χ4v) is 4.14. The third-order valence-corrected chi connectivity index (χ3v) is 5.63. The maximum absolute atomic E-state index is 14.2. The second-order valence-corrected chi connectivity index (χ2v) is 7.52. The van der Waals surface area contributed by atoms with Crippen molar-refractivity contribution in [1.29, 1.82) is 0 Å². The van der Waals surface area contributed by atoms with Crippen LogP contribution in [-0.2, 0) is 6.42 Å². The van der Waals surface area contributed by atoms with E-state index in [1.165, 1.54) is 16.8 Å². The number of likely N-dealkylation sites (N-methyl/N-ethyl adjacent to an activating group) is 1. The van der Waals surface area contributed by atoms with Crippen LogP contribution in [-0.4, -0.2) is 50.1 Å². The first-order valence-electron chi connectivity index (χ1n) is 11.1. The van der Waals surface area contributed by atoms with Crippen LogP contribution in [0.25, 0.3) is 5.65 Å². The average Bonchev–Trinajstić information content (AvgIpc) is 3.38. The molecule has 0 aromatic carbocycles. The number of nitrogens with zero attached hydrogens (tertiary/aromatic N) is 6. The van der Waals surface area contributed by atoms with Gasteiger partial charge in [-0.15, -0.1) is 0 Å². The molecule has 9 heteroatoms. The molecule has 5 heterocycles. The van der Waals surface area contributed by atoms with E-state index in [4.69, 9.17) is 4.11 Å². The summed E-state index contributed by atoms with van der Waals surface area (Å²) in [5.41, 5.74) is 4.32. The molecule has 1 N–H and O–H groups in total.